The zero-order valence-electron chi connectivity index (χ0n) is 14.8. The lowest BCUT2D eigenvalue weighted by molar-refractivity contribution is 0.296. The first-order valence-electron chi connectivity index (χ1n) is 8.26. The molecule has 0 saturated heterocycles. The Kier molecular flexibility index (Phi) is 13.5. The average Bonchev–Trinajstić information content (AvgIpc) is 2.58. The van der Waals surface area contributed by atoms with E-state index < -0.39 is 0 Å². The van der Waals surface area contributed by atoms with Crippen LogP contribution in [0.1, 0.15) is 24.5 Å². The molecule has 0 aliphatic heterocycles. The fourth-order valence-corrected chi connectivity index (χ4v) is 2.53. The maximum atomic E-state index is 13.7. The fourth-order valence-electron chi connectivity index (χ4n) is 2.34. The van der Waals surface area contributed by atoms with Crippen LogP contribution in [0.15, 0.2) is 42.5 Å². The van der Waals surface area contributed by atoms with Crippen LogP contribution in [-0.2, 0) is 13.2 Å². The minimum Gasteiger partial charge on any atom is -0.488 e. The minimum atomic E-state index is -0.255. The second-order valence-electron chi connectivity index (χ2n) is 5.52. The average molecular weight is 424 g/mol. The lowest BCUT2D eigenvalue weighted by Gasteiger charge is -2.13. The lowest BCUT2D eigenvalue weighted by atomic mass is 10.2. The number of nitrogens with one attached hydrogen (secondary N) is 2. The number of rotatable bonds is 10. The topological polar surface area (TPSA) is 33.3 Å². The number of ether oxygens (including phenoxy) is 1. The van der Waals surface area contributed by atoms with Crippen molar-refractivity contribution in [2.45, 2.75) is 26.5 Å². The molecule has 0 unspecified atom stereocenters. The van der Waals surface area contributed by atoms with Crippen molar-refractivity contribution in [2.75, 3.05) is 19.6 Å². The van der Waals surface area contributed by atoms with Crippen molar-refractivity contribution < 1.29 is 9.13 Å². The van der Waals surface area contributed by atoms with Gasteiger partial charge >= 0.3 is 0 Å². The van der Waals surface area contributed by atoms with Gasteiger partial charge in [0.05, 0.1) is 0 Å². The Labute approximate surface area is 172 Å². The van der Waals surface area contributed by atoms with Gasteiger partial charge in [-0.25, -0.2) is 4.39 Å². The molecule has 0 amide bonds. The third kappa shape index (κ3) is 8.56. The van der Waals surface area contributed by atoms with E-state index in [1.807, 2.05) is 12.1 Å². The summed E-state index contributed by atoms with van der Waals surface area (Å²) >= 11 is 6.09. The largest absolute Gasteiger partial charge is 0.488 e. The first-order valence-corrected chi connectivity index (χ1v) is 8.64. The molecule has 0 aliphatic carbocycles. The Hall–Kier alpha value is -1.04. The van der Waals surface area contributed by atoms with Crippen LogP contribution in [0.3, 0.4) is 0 Å². The molecule has 0 heterocycles. The third-order valence-corrected chi connectivity index (χ3v) is 3.87. The zero-order valence-corrected chi connectivity index (χ0v) is 17.2. The predicted molar refractivity (Wildman–Crippen MR) is 112 cm³/mol. The summed E-state index contributed by atoms with van der Waals surface area (Å²) in [6, 6.07) is 12.1. The van der Waals surface area contributed by atoms with Gasteiger partial charge < -0.3 is 15.4 Å². The molecule has 0 spiro atoms. The molecule has 26 heavy (non-hydrogen) atoms. The Morgan fingerprint density at radius 3 is 2.46 bits per heavy atom. The molecule has 0 aromatic heterocycles. The third-order valence-electron chi connectivity index (χ3n) is 3.64. The first kappa shape index (κ1) is 25.0. The smallest absolute Gasteiger partial charge is 0.129 e. The van der Waals surface area contributed by atoms with Crippen molar-refractivity contribution in [3.63, 3.8) is 0 Å². The van der Waals surface area contributed by atoms with Gasteiger partial charge in [-0.3, -0.25) is 0 Å². The molecule has 3 nitrogen and oxygen atoms in total. The predicted octanol–water partition coefficient (Wildman–Crippen LogP) is 4.99. The molecule has 2 rings (SSSR count). The van der Waals surface area contributed by atoms with Gasteiger partial charge in [-0.15, -0.1) is 24.8 Å². The summed E-state index contributed by atoms with van der Waals surface area (Å²) in [5.41, 5.74) is 1.51. The van der Waals surface area contributed by atoms with E-state index in [4.69, 9.17) is 16.3 Å². The van der Waals surface area contributed by atoms with Crippen molar-refractivity contribution in [3.8, 4) is 5.75 Å². The highest BCUT2D eigenvalue weighted by atomic mass is 35.5. The maximum Gasteiger partial charge on any atom is 0.129 e. The summed E-state index contributed by atoms with van der Waals surface area (Å²) < 4.78 is 19.5. The van der Waals surface area contributed by atoms with Crippen LogP contribution in [0.5, 0.6) is 5.75 Å². The normalized spacial score (nSPS) is 9.96. The van der Waals surface area contributed by atoms with E-state index in [0.29, 0.717) is 17.1 Å². The summed E-state index contributed by atoms with van der Waals surface area (Å²) in [7, 11) is 0. The highest BCUT2D eigenvalue weighted by molar-refractivity contribution is 6.30. The maximum absolute atomic E-state index is 13.7. The summed E-state index contributed by atoms with van der Waals surface area (Å²) in [6.45, 7) is 5.85. The van der Waals surface area contributed by atoms with Gasteiger partial charge in [0.25, 0.3) is 0 Å². The molecule has 2 aromatic carbocycles. The van der Waals surface area contributed by atoms with Crippen LogP contribution in [0.4, 0.5) is 4.39 Å². The summed E-state index contributed by atoms with van der Waals surface area (Å²) in [5, 5.41) is 7.34. The van der Waals surface area contributed by atoms with Gasteiger partial charge in [0.15, 0.2) is 0 Å². The molecule has 0 saturated carbocycles. The quantitative estimate of drug-likeness (QED) is 0.528. The Morgan fingerprint density at radius 2 is 1.73 bits per heavy atom. The molecule has 0 aliphatic rings. The van der Waals surface area contributed by atoms with Gasteiger partial charge in [-0.05, 0) is 50.3 Å². The van der Waals surface area contributed by atoms with Crippen molar-refractivity contribution >= 4 is 36.4 Å². The van der Waals surface area contributed by atoms with Gasteiger partial charge in [-0.1, -0.05) is 36.7 Å². The van der Waals surface area contributed by atoms with E-state index >= 15 is 0 Å². The highest BCUT2D eigenvalue weighted by Gasteiger charge is 2.07. The Morgan fingerprint density at radius 1 is 1.00 bits per heavy atom. The first-order chi connectivity index (χ1) is 11.7. The summed E-state index contributed by atoms with van der Waals surface area (Å²) in [5.74, 6) is 0.469. The van der Waals surface area contributed by atoms with Crippen molar-refractivity contribution in [3.05, 3.63) is 64.4 Å². The van der Waals surface area contributed by atoms with Crippen LogP contribution < -0.4 is 15.4 Å². The molecule has 0 bridgehead atoms. The molecule has 2 aromatic rings. The van der Waals surface area contributed by atoms with Crippen LogP contribution in [-0.4, -0.2) is 19.6 Å². The second kappa shape index (κ2) is 14.1. The van der Waals surface area contributed by atoms with Gasteiger partial charge in [0.2, 0.25) is 0 Å². The molecule has 7 heteroatoms. The van der Waals surface area contributed by atoms with Gasteiger partial charge in [0.1, 0.15) is 18.2 Å². The van der Waals surface area contributed by atoms with Crippen LogP contribution in [0.25, 0.3) is 0 Å². The monoisotopic (exact) mass is 422 g/mol. The Bertz CT molecular complexity index is 644. The molecular weight excluding hydrogens is 398 g/mol. The molecule has 2 N–H and O–H groups in total. The van der Waals surface area contributed by atoms with Crippen LogP contribution in [0.2, 0.25) is 5.02 Å². The number of benzene rings is 2. The molecule has 0 atom stereocenters. The lowest BCUT2D eigenvalue weighted by Crippen LogP contribution is -2.21. The van der Waals surface area contributed by atoms with Gasteiger partial charge in [-0.2, -0.15) is 0 Å². The molecule has 0 radical (unpaired) electrons. The number of hydrogen-bond acceptors (Lipinski definition) is 3. The van der Waals surface area contributed by atoms with Crippen molar-refractivity contribution in [1.82, 2.24) is 10.6 Å². The van der Waals surface area contributed by atoms with E-state index in [1.54, 1.807) is 24.3 Å². The van der Waals surface area contributed by atoms with Gasteiger partial charge in [0, 0.05) is 22.7 Å². The standard InChI is InChI=1S/C19H24ClFN2O.2ClH/c1-2-22-10-5-11-23-13-16-12-17(20)8-9-19(16)24-14-15-6-3-4-7-18(15)21;;/h3-4,6-9,12,22-23H,2,5,10-11,13-14H2,1H3;2*1H. The molecule has 146 valence electrons. The van der Waals surface area contributed by atoms with Crippen LogP contribution in [0, 0.1) is 5.82 Å². The zero-order chi connectivity index (χ0) is 17.2. The number of hydrogen-bond donors (Lipinski definition) is 2. The number of halogens is 4. The van der Waals surface area contributed by atoms with E-state index in [2.05, 4.69) is 17.6 Å². The van der Waals surface area contributed by atoms with E-state index in [1.165, 1.54) is 6.07 Å². The minimum absolute atomic E-state index is 0. The van der Waals surface area contributed by atoms with Crippen molar-refractivity contribution in [2.24, 2.45) is 0 Å². The molecular formula is C19H26Cl3FN2O. The highest BCUT2D eigenvalue weighted by Crippen LogP contribution is 2.24. The summed E-state index contributed by atoms with van der Waals surface area (Å²) in [4.78, 5) is 0. The van der Waals surface area contributed by atoms with Crippen LogP contribution >= 0.6 is 36.4 Å². The summed E-state index contributed by atoms with van der Waals surface area (Å²) in [6.07, 6.45) is 1.06. The second-order valence-corrected chi connectivity index (χ2v) is 5.95. The van der Waals surface area contributed by atoms with Crippen molar-refractivity contribution in [1.29, 1.82) is 0 Å². The molecule has 0 fully saturated rings. The van der Waals surface area contributed by atoms with E-state index in [-0.39, 0.29) is 37.2 Å². The Balaban J connectivity index is 0.00000312. The van der Waals surface area contributed by atoms with E-state index in [9.17, 15) is 4.39 Å². The fraction of sp³-hybridized carbons (Fsp3) is 0.368. The SMILES string of the molecule is CCNCCCNCc1cc(Cl)ccc1OCc1ccccc1F.Cl.Cl. The van der Waals surface area contributed by atoms with E-state index in [0.717, 1.165) is 37.4 Å².